The van der Waals surface area contributed by atoms with Crippen molar-refractivity contribution in [3.05, 3.63) is 40.8 Å². The molecule has 0 radical (unpaired) electrons. The number of amides is 2. The largest absolute Gasteiger partial charge is 0.495 e. The Morgan fingerprint density at radius 3 is 2.67 bits per heavy atom. The lowest BCUT2D eigenvalue weighted by atomic mass is 10.1. The Labute approximate surface area is 195 Å². The molecule has 0 spiro atoms. The van der Waals surface area contributed by atoms with Gasteiger partial charge in [0, 0.05) is 12.6 Å². The van der Waals surface area contributed by atoms with Crippen LogP contribution in [0.1, 0.15) is 46.9 Å². The third kappa shape index (κ3) is 5.52. The molecule has 178 valence electrons. The van der Waals surface area contributed by atoms with Crippen LogP contribution in [-0.4, -0.2) is 56.8 Å². The molecule has 1 aliphatic rings. The van der Waals surface area contributed by atoms with Gasteiger partial charge in [0.1, 0.15) is 15.6 Å². The molecule has 10 nitrogen and oxygen atoms in total. The number of nitrogens with two attached hydrogens (primary N) is 1. The molecule has 0 aliphatic carbocycles. The van der Waals surface area contributed by atoms with Gasteiger partial charge in [0.2, 0.25) is 10.0 Å². The number of methoxy groups -OCH3 is 1. The van der Waals surface area contributed by atoms with Gasteiger partial charge in [-0.15, -0.1) is 11.3 Å². The number of sulfonamides is 1. The van der Waals surface area contributed by atoms with E-state index in [0.29, 0.717) is 6.54 Å². The second kappa shape index (κ2) is 10.3. The second-order valence-corrected chi connectivity index (χ2v) is 10.3. The Hall–Kier alpha value is -2.96. The number of nitrogens with zero attached hydrogens (tertiary/aromatic N) is 1. The highest BCUT2D eigenvalue weighted by Gasteiger charge is 2.33. The molecule has 1 saturated heterocycles. The molecule has 1 unspecified atom stereocenters. The number of esters is 1. The molecule has 2 amide bonds. The Morgan fingerprint density at radius 2 is 2.00 bits per heavy atom. The molecule has 1 fully saturated rings. The van der Waals surface area contributed by atoms with Crippen molar-refractivity contribution in [3.8, 4) is 5.75 Å². The summed E-state index contributed by atoms with van der Waals surface area (Å²) < 4.78 is 38.2. The summed E-state index contributed by atoms with van der Waals surface area (Å²) in [5, 5.41) is 4.29. The lowest BCUT2D eigenvalue weighted by molar-refractivity contribution is -0.119. The summed E-state index contributed by atoms with van der Waals surface area (Å²) in [5.41, 5.74) is 5.35. The van der Waals surface area contributed by atoms with Crippen LogP contribution < -0.4 is 15.8 Å². The predicted molar refractivity (Wildman–Crippen MR) is 122 cm³/mol. The van der Waals surface area contributed by atoms with E-state index in [-0.39, 0.29) is 32.8 Å². The van der Waals surface area contributed by atoms with Crippen LogP contribution in [0.4, 0.5) is 5.00 Å². The highest BCUT2D eigenvalue weighted by molar-refractivity contribution is 7.89. The standard InChI is InChI=1S/C21H25N3O7S2/c1-13-5-3-4-9-24(13)33(28,29)17-11-14(6-7-16(17)30-2)21(27)31-12-18(25)23-20-15(19(22)26)8-10-32-20/h6-8,10-11,13H,3-5,9,12H2,1-2H3,(H2,22,26)(H,23,25). The molecule has 3 rings (SSSR count). The van der Waals surface area contributed by atoms with Gasteiger partial charge in [-0.1, -0.05) is 6.42 Å². The number of anilines is 1. The van der Waals surface area contributed by atoms with Crippen molar-refractivity contribution in [2.75, 3.05) is 25.6 Å². The highest BCUT2D eigenvalue weighted by atomic mass is 32.2. The van der Waals surface area contributed by atoms with Gasteiger partial charge < -0.3 is 20.5 Å². The normalized spacial score (nSPS) is 16.7. The Morgan fingerprint density at radius 1 is 1.24 bits per heavy atom. The Kier molecular flexibility index (Phi) is 7.72. The molecule has 0 saturated carbocycles. The molecule has 1 aliphatic heterocycles. The minimum Gasteiger partial charge on any atom is -0.495 e. The number of nitrogens with one attached hydrogen (secondary N) is 1. The van der Waals surface area contributed by atoms with Crippen LogP contribution in [0.5, 0.6) is 5.75 Å². The van der Waals surface area contributed by atoms with Gasteiger partial charge in [-0.25, -0.2) is 13.2 Å². The van der Waals surface area contributed by atoms with E-state index in [9.17, 15) is 22.8 Å². The van der Waals surface area contributed by atoms with E-state index < -0.39 is 34.4 Å². The van der Waals surface area contributed by atoms with Crippen molar-refractivity contribution in [1.29, 1.82) is 0 Å². The average molecular weight is 496 g/mol. The van der Waals surface area contributed by atoms with Crippen molar-refractivity contribution in [3.63, 3.8) is 0 Å². The number of piperidine rings is 1. The molecule has 33 heavy (non-hydrogen) atoms. The lowest BCUT2D eigenvalue weighted by Crippen LogP contribution is -2.42. The molecule has 0 bridgehead atoms. The number of benzene rings is 1. The third-order valence-corrected chi connectivity index (χ3v) is 8.11. The maximum absolute atomic E-state index is 13.3. The number of hydrogen-bond acceptors (Lipinski definition) is 8. The number of rotatable bonds is 8. The third-order valence-electron chi connectivity index (χ3n) is 5.25. The molecule has 3 N–H and O–H groups in total. The summed E-state index contributed by atoms with van der Waals surface area (Å²) in [4.78, 5) is 35.9. The zero-order valence-electron chi connectivity index (χ0n) is 18.2. The number of thiophene rings is 1. The van der Waals surface area contributed by atoms with Crippen molar-refractivity contribution >= 4 is 44.1 Å². The first-order valence-corrected chi connectivity index (χ1v) is 12.5. The van der Waals surface area contributed by atoms with Crippen LogP contribution in [-0.2, 0) is 19.6 Å². The van der Waals surface area contributed by atoms with Gasteiger partial charge in [0.15, 0.2) is 6.61 Å². The van der Waals surface area contributed by atoms with Crippen molar-refractivity contribution in [1.82, 2.24) is 4.31 Å². The smallest absolute Gasteiger partial charge is 0.338 e. The van der Waals surface area contributed by atoms with Gasteiger partial charge in [0.05, 0.1) is 18.2 Å². The molecule has 2 aromatic rings. The molecule has 12 heteroatoms. The minimum atomic E-state index is -3.91. The SMILES string of the molecule is COc1ccc(C(=O)OCC(=O)Nc2sccc2C(N)=O)cc1S(=O)(=O)N1CCCCC1C. The van der Waals surface area contributed by atoms with E-state index in [0.717, 1.165) is 30.6 Å². The quantitative estimate of drug-likeness (QED) is 0.534. The van der Waals surface area contributed by atoms with Crippen LogP contribution in [0.2, 0.25) is 0 Å². The highest BCUT2D eigenvalue weighted by Crippen LogP contribution is 2.32. The summed E-state index contributed by atoms with van der Waals surface area (Å²) >= 11 is 1.10. The van der Waals surface area contributed by atoms with Gasteiger partial charge in [-0.3, -0.25) is 9.59 Å². The first kappa shape index (κ1) is 24.7. The van der Waals surface area contributed by atoms with Gasteiger partial charge in [-0.05, 0) is 49.4 Å². The average Bonchev–Trinajstić information content (AvgIpc) is 3.25. The number of primary amides is 1. The summed E-state index contributed by atoms with van der Waals surface area (Å²) in [6, 6.07) is 5.23. The summed E-state index contributed by atoms with van der Waals surface area (Å²) in [7, 11) is -2.56. The Bertz CT molecular complexity index is 1160. The fourth-order valence-electron chi connectivity index (χ4n) is 3.54. The van der Waals surface area contributed by atoms with Gasteiger partial charge in [-0.2, -0.15) is 4.31 Å². The van der Waals surface area contributed by atoms with Gasteiger partial charge in [0.25, 0.3) is 11.8 Å². The van der Waals surface area contributed by atoms with Crippen LogP contribution >= 0.6 is 11.3 Å². The molecule has 2 heterocycles. The van der Waals surface area contributed by atoms with Gasteiger partial charge >= 0.3 is 5.97 Å². The van der Waals surface area contributed by atoms with Crippen molar-refractivity contribution in [2.45, 2.75) is 37.1 Å². The lowest BCUT2D eigenvalue weighted by Gasteiger charge is -2.32. The Balaban J connectivity index is 1.74. The first-order valence-electron chi connectivity index (χ1n) is 10.2. The fourth-order valence-corrected chi connectivity index (χ4v) is 6.23. The topological polar surface area (TPSA) is 145 Å². The number of hydrogen-bond donors (Lipinski definition) is 2. The summed E-state index contributed by atoms with van der Waals surface area (Å²) in [6.07, 6.45) is 2.45. The maximum Gasteiger partial charge on any atom is 0.338 e. The first-order chi connectivity index (χ1) is 15.6. The van der Waals surface area contributed by atoms with E-state index in [1.165, 1.54) is 35.7 Å². The minimum absolute atomic E-state index is 0.0409. The van der Waals surface area contributed by atoms with E-state index in [1.807, 2.05) is 6.92 Å². The van der Waals surface area contributed by atoms with E-state index in [2.05, 4.69) is 5.32 Å². The van der Waals surface area contributed by atoms with Crippen molar-refractivity contribution < 1.29 is 32.3 Å². The monoisotopic (exact) mass is 495 g/mol. The van der Waals surface area contributed by atoms with Crippen LogP contribution in [0, 0.1) is 0 Å². The summed E-state index contributed by atoms with van der Waals surface area (Å²) in [5.74, 6) is -2.13. The number of carbonyl (C=O) groups excluding carboxylic acids is 3. The second-order valence-electron chi connectivity index (χ2n) is 7.48. The molecule has 1 aromatic carbocycles. The van der Waals surface area contributed by atoms with Crippen LogP contribution in [0.25, 0.3) is 0 Å². The number of ether oxygens (including phenoxy) is 2. The summed E-state index contributed by atoms with van der Waals surface area (Å²) in [6.45, 7) is 1.60. The molecule has 1 atom stereocenters. The molecular formula is C21H25N3O7S2. The van der Waals surface area contributed by atoms with Crippen molar-refractivity contribution in [2.24, 2.45) is 5.73 Å². The fraction of sp³-hybridized carbons (Fsp3) is 0.381. The van der Waals surface area contributed by atoms with E-state index >= 15 is 0 Å². The van der Waals surface area contributed by atoms with E-state index in [4.69, 9.17) is 15.2 Å². The van der Waals surface area contributed by atoms with Crippen LogP contribution in [0.3, 0.4) is 0 Å². The molecule has 1 aromatic heterocycles. The molecular weight excluding hydrogens is 470 g/mol. The maximum atomic E-state index is 13.3. The zero-order chi connectivity index (χ0) is 24.2. The van der Waals surface area contributed by atoms with E-state index in [1.54, 1.807) is 5.38 Å². The van der Waals surface area contributed by atoms with Crippen LogP contribution in [0.15, 0.2) is 34.5 Å². The number of carbonyl (C=O) groups is 3. The zero-order valence-corrected chi connectivity index (χ0v) is 19.8. The predicted octanol–water partition coefficient (Wildman–Crippen LogP) is 2.21.